The average molecular weight is 250 g/mol. The summed E-state index contributed by atoms with van der Waals surface area (Å²) in [7, 11) is 0. The van der Waals surface area contributed by atoms with Crippen molar-refractivity contribution in [2.24, 2.45) is 0 Å². The number of aromatic nitrogens is 3. The van der Waals surface area contributed by atoms with Gasteiger partial charge in [0, 0.05) is 6.20 Å². The summed E-state index contributed by atoms with van der Waals surface area (Å²) in [5.74, 6) is 1.35. The third-order valence-electron chi connectivity index (χ3n) is 2.95. The average Bonchev–Trinajstić information content (AvgIpc) is 2.95. The van der Waals surface area contributed by atoms with Crippen LogP contribution in [0.15, 0.2) is 16.2 Å². The summed E-state index contributed by atoms with van der Waals surface area (Å²) >= 11 is 1.52. The maximum atomic E-state index is 5.34. The lowest BCUT2D eigenvalue weighted by atomic mass is 10.1. The first-order chi connectivity index (χ1) is 8.43. The Balaban J connectivity index is 1.79. The number of nitrogens with zero attached hydrogens (tertiary/aromatic N) is 3. The lowest BCUT2D eigenvalue weighted by Gasteiger charge is -2.09. The molecule has 1 unspecified atom stereocenters. The van der Waals surface area contributed by atoms with E-state index in [2.05, 4.69) is 20.4 Å². The van der Waals surface area contributed by atoms with Gasteiger partial charge in [0.1, 0.15) is 0 Å². The predicted molar refractivity (Wildman–Crippen MR) is 64.6 cm³/mol. The van der Waals surface area contributed by atoms with Gasteiger partial charge in [-0.1, -0.05) is 18.0 Å². The van der Waals surface area contributed by atoms with Crippen molar-refractivity contribution in [3.8, 4) is 10.7 Å². The summed E-state index contributed by atoms with van der Waals surface area (Å²) in [6.07, 6.45) is 6.56. The van der Waals surface area contributed by atoms with Crippen molar-refractivity contribution in [1.82, 2.24) is 20.4 Å². The zero-order valence-corrected chi connectivity index (χ0v) is 10.2. The number of rotatable bonds is 2. The summed E-state index contributed by atoms with van der Waals surface area (Å²) in [5.41, 5.74) is 1.77. The summed E-state index contributed by atoms with van der Waals surface area (Å²) in [6.45, 7) is 1.03. The van der Waals surface area contributed by atoms with Crippen LogP contribution in [0.2, 0.25) is 0 Å². The topological polar surface area (TPSA) is 63.8 Å². The SMILES string of the molecule is c1ncc(-c2noc(C3CCCCCN3)n2)s1. The molecule has 17 heavy (non-hydrogen) atoms. The Bertz CT molecular complexity index is 460. The molecule has 3 heterocycles. The lowest BCUT2D eigenvalue weighted by molar-refractivity contribution is 0.327. The van der Waals surface area contributed by atoms with Gasteiger partial charge in [0.2, 0.25) is 11.7 Å². The fourth-order valence-electron chi connectivity index (χ4n) is 2.04. The molecule has 0 aromatic carbocycles. The van der Waals surface area contributed by atoms with Crippen LogP contribution < -0.4 is 5.32 Å². The van der Waals surface area contributed by atoms with Gasteiger partial charge >= 0.3 is 0 Å². The van der Waals surface area contributed by atoms with Crippen LogP contribution in [-0.2, 0) is 0 Å². The third-order valence-corrected chi connectivity index (χ3v) is 3.72. The molecule has 1 fully saturated rings. The molecule has 0 aliphatic carbocycles. The molecule has 0 bridgehead atoms. The first kappa shape index (κ1) is 10.9. The largest absolute Gasteiger partial charge is 0.337 e. The van der Waals surface area contributed by atoms with Gasteiger partial charge in [0.05, 0.1) is 16.4 Å². The maximum Gasteiger partial charge on any atom is 0.244 e. The van der Waals surface area contributed by atoms with Crippen molar-refractivity contribution >= 4 is 11.3 Å². The van der Waals surface area contributed by atoms with Gasteiger partial charge in [0.15, 0.2) is 0 Å². The number of nitrogens with one attached hydrogen (secondary N) is 1. The molecule has 0 radical (unpaired) electrons. The fraction of sp³-hybridized carbons (Fsp3) is 0.545. The molecule has 2 aromatic rings. The van der Waals surface area contributed by atoms with Crippen LogP contribution in [0.1, 0.15) is 37.6 Å². The normalized spacial score (nSPS) is 21.3. The summed E-state index contributed by atoms with van der Waals surface area (Å²) in [4.78, 5) is 9.42. The highest BCUT2D eigenvalue weighted by atomic mass is 32.1. The van der Waals surface area contributed by atoms with E-state index in [4.69, 9.17) is 4.52 Å². The number of hydrogen-bond acceptors (Lipinski definition) is 6. The highest BCUT2D eigenvalue weighted by molar-refractivity contribution is 7.13. The van der Waals surface area contributed by atoms with E-state index >= 15 is 0 Å². The van der Waals surface area contributed by atoms with Crippen molar-refractivity contribution in [2.75, 3.05) is 6.54 Å². The highest BCUT2D eigenvalue weighted by Gasteiger charge is 2.20. The van der Waals surface area contributed by atoms with Crippen LogP contribution in [0.3, 0.4) is 0 Å². The summed E-state index contributed by atoms with van der Waals surface area (Å²) in [5, 5.41) is 7.46. The van der Waals surface area contributed by atoms with Gasteiger partial charge in [0.25, 0.3) is 0 Å². The lowest BCUT2D eigenvalue weighted by Crippen LogP contribution is -2.20. The summed E-state index contributed by atoms with van der Waals surface area (Å²) in [6, 6.07) is 0.215. The molecular weight excluding hydrogens is 236 g/mol. The number of hydrogen-bond donors (Lipinski definition) is 1. The highest BCUT2D eigenvalue weighted by Crippen LogP contribution is 2.25. The van der Waals surface area contributed by atoms with Crippen molar-refractivity contribution in [1.29, 1.82) is 0 Å². The predicted octanol–water partition coefficient (Wildman–Crippen LogP) is 2.40. The van der Waals surface area contributed by atoms with Gasteiger partial charge in [-0.3, -0.25) is 4.98 Å². The second kappa shape index (κ2) is 4.93. The number of thiazole rings is 1. The molecule has 1 aliphatic heterocycles. The van der Waals surface area contributed by atoms with Gasteiger partial charge in [-0.25, -0.2) is 0 Å². The van der Waals surface area contributed by atoms with Crippen molar-refractivity contribution in [2.45, 2.75) is 31.7 Å². The second-order valence-corrected chi connectivity index (χ2v) is 5.06. The Kier molecular flexibility index (Phi) is 3.15. The molecule has 5 nitrogen and oxygen atoms in total. The van der Waals surface area contributed by atoms with Gasteiger partial charge in [-0.15, -0.1) is 11.3 Å². The minimum absolute atomic E-state index is 0.215. The van der Waals surface area contributed by atoms with Crippen molar-refractivity contribution in [3.63, 3.8) is 0 Å². The summed E-state index contributed by atoms with van der Waals surface area (Å²) < 4.78 is 5.34. The van der Waals surface area contributed by atoms with Gasteiger partial charge in [-0.05, 0) is 19.4 Å². The Labute approximate surface area is 103 Å². The van der Waals surface area contributed by atoms with Crippen molar-refractivity contribution in [3.05, 3.63) is 17.6 Å². The van der Waals surface area contributed by atoms with Crippen LogP contribution in [0.5, 0.6) is 0 Å². The first-order valence-electron chi connectivity index (χ1n) is 5.89. The third kappa shape index (κ3) is 2.37. The van der Waals surface area contributed by atoms with Crippen LogP contribution in [0.4, 0.5) is 0 Å². The van der Waals surface area contributed by atoms with Crippen LogP contribution in [0.25, 0.3) is 10.7 Å². The standard InChI is InChI=1S/C11H14N4OS/c1-2-4-8(13-5-3-1)11-14-10(15-16-11)9-6-12-7-17-9/h6-8,13H,1-5H2. The zero-order valence-electron chi connectivity index (χ0n) is 9.43. The smallest absolute Gasteiger partial charge is 0.244 e. The Morgan fingerprint density at radius 3 is 3.24 bits per heavy atom. The van der Waals surface area contributed by atoms with Crippen LogP contribution in [-0.4, -0.2) is 21.7 Å². The van der Waals surface area contributed by atoms with Gasteiger partial charge in [-0.2, -0.15) is 4.98 Å². The Morgan fingerprint density at radius 1 is 1.35 bits per heavy atom. The quantitative estimate of drug-likeness (QED) is 0.886. The fourth-order valence-corrected chi connectivity index (χ4v) is 2.59. The van der Waals surface area contributed by atoms with E-state index in [1.54, 1.807) is 11.7 Å². The molecule has 0 spiro atoms. The van der Waals surface area contributed by atoms with Gasteiger partial charge < -0.3 is 9.84 Å². The molecule has 1 saturated heterocycles. The Hall–Kier alpha value is -1.27. The Morgan fingerprint density at radius 2 is 2.35 bits per heavy atom. The van der Waals surface area contributed by atoms with E-state index in [1.165, 1.54) is 30.6 Å². The minimum atomic E-state index is 0.215. The molecule has 1 atom stereocenters. The molecule has 2 aromatic heterocycles. The molecule has 90 valence electrons. The van der Waals surface area contributed by atoms with E-state index in [1.807, 2.05) is 0 Å². The van der Waals surface area contributed by atoms with E-state index in [0.717, 1.165) is 17.8 Å². The van der Waals surface area contributed by atoms with E-state index < -0.39 is 0 Å². The second-order valence-electron chi connectivity index (χ2n) is 4.18. The van der Waals surface area contributed by atoms with Crippen molar-refractivity contribution < 1.29 is 4.52 Å². The minimum Gasteiger partial charge on any atom is -0.337 e. The first-order valence-corrected chi connectivity index (χ1v) is 6.77. The molecule has 1 N–H and O–H groups in total. The van der Waals surface area contributed by atoms with Crippen LogP contribution in [0, 0.1) is 0 Å². The molecule has 3 rings (SSSR count). The maximum absolute atomic E-state index is 5.34. The van der Waals surface area contributed by atoms with E-state index in [0.29, 0.717) is 11.7 Å². The molecule has 0 amide bonds. The molecule has 6 heteroatoms. The zero-order chi connectivity index (χ0) is 11.5. The van der Waals surface area contributed by atoms with E-state index in [-0.39, 0.29) is 6.04 Å². The monoisotopic (exact) mass is 250 g/mol. The molecule has 1 aliphatic rings. The molecular formula is C11H14N4OS. The van der Waals surface area contributed by atoms with Crippen LogP contribution >= 0.6 is 11.3 Å². The van der Waals surface area contributed by atoms with E-state index in [9.17, 15) is 0 Å². The molecule has 0 saturated carbocycles.